The summed E-state index contributed by atoms with van der Waals surface area (Å²) in [5, 5.41) is 3.34. The molecule has 0 radical (unpaired) electrons. The van der Waals surface area contributed by atoms with E-state index in [9.17, 15) is 4.79 Å². The van der Waals surface area contributed by atoms with Gasteiger partial charge in [0.15, 0.2) is 17.5 Å². The van der Waals surface area contributed by atoms with Crippen molar-refractivity contribution in [1.82, 2.24) is 10.2 Å². The molecule has 27 heavy (non-hydrogen) atoms. The number of ether oxygens (including phenoxy) is 3. The fourth-order valence-electron chi connectivity index (χ4n) is 3.56. The van der Waals surface area contributed by atoms with Crippen molar-refractivity contribution in [2.45, 2.75) is 26.8 Å². The average molecular weight is 375 g/mol. The lowest BCUT2D eigenvalue weighted by molar-refractivity contribution is -0.145. The molecule has 0 aromatic heterocycles. The average Bonchev–Trinajstić information content (AvgIpc) is 2.90. The molecule has 2 atom stereocenters. The van der Waals surface area contributed by atoms with Gasteiger partial charge in [-0.2, -0.15) is 0 Å². The predicted molar refractivity (Wildman–Crippen MR) is 103 cm³/mol. The Kier molecular flexibility index (Phi) is 6.42. The molecule has 2 aliphatic heterocycles. The summed E-state index contributed by atoms with van der Waals surface area (Å²) in [5.74, 6) is 2.33. The number of hydrogen-bond acceptors (Lipinski definition) is 5. The van der Waals surface area contributed by atoms with Gasteiger partial charge in [0.05, 0.1) is 32.8 Å². The van der Waals surface area contributed by atoms with Gasteiger partial charge < -0.3 is 24.4 Å². The zero-order valence-corrected chi connectivity index (χ0v) is 16.4. The molecule has 2 aliphatic rings. The highest BCUT2D eigenvalue weighted by molar-refractivity contribution is 5.82. The smallest absolute Gasteiger partial charge is 0.310 e. The van der Waals surface area contributed by atoms with Crippen LogP contribution in [-0.2, 0) is 16.1 Å². The van der Waals surface area contributed by atoms with E-state index in [1.165, 1.54) is 7.11 Å². The van der Waals surface area contributed by atoms with Gasteiger partial charge in [-0.25, -0.2) is 4.99 Å². The van der Waals surface area contributed by atoms with E-state index in [0.29, 0.717) is 26.3 Å². The van der Waals surface area contributed by atoms with Crippen molar-refractivity contribution in [2.24, 2.45) is 16.8 Å². The number of methoxy groups -OCH3 is 1. The second kappa shape index (κ2) is 8.97. The molecule has 0 spiro atoms. The first-order valence-electron chi connectivity index (χ1n) is 9.62. The molecule has 7 nitrogen and oxygen atoms in total. The highest BCUT2D eigenvalue weighted by Crippen LogP contribution is 2.33. The first-order chi connectivity index (χ1) is 13.1. The van der Waals surface area contributed by atoms with Gasteiger partial charge in [0.1, 0.15) is 0 Å². The molecule has 1 N–H and O–H groups in total. The molecule has 0 aliphatic carbocycles. The third-order valence-corrected chi connectivity index (χ3v) is 5.00. The summed E-state index contributed by atoms with van der Waals surface area (Å²) in [6.45, 7) is 8.08. The second-order valence-electron chi connectivity index (χ2n) is 6.98. The maximum atomic E-state index is 12.0. The highest BCUT2D eigenvalue weighted by atomic mass is 16.5. The van der Waals surface area contributed by atoms with Crippen LogP contribution in [0.2, 0.25) is 0 Å². The minimum absolute atomic E-state index is 0.122. The van der Waals surface area contributed by atoms with Crippen LogP contribution in [0.15, 0.2) is 23.2 Å². The minimum atomic E-state index is -0.153. The van der Waals surface area contributed by atoms with E-state index < -0.39 is 0 Å². The number of fused-ring (bicyclic) bond motifs is 1. The SMILES string of the molecule is CCNC(=NCc1cccc2c1OCCCO2)N1CC(C)C(C(=O)OC)C1. The normalized spacial score (nSPS) is 22.3. The molecular formula is C20H29N3O4. The van der Waals surface area contributed by atoms with Crippen LogP contribution in [0.25, 0.3) is 0 Å². The van der Waals surface area contributed by atoms with Crippen LogP contribution in [-0.4, -0.2) is 56.8 Å². The Bertz CT molecular complexity index is 692. The zero-order valence-electron chi connectivity index (χ0n) is 16.4. The molecule has 148 valence electrons. The largest absolute Gasteiger partial charge is 0.490 e. The number of esters is 1. The summed E-state index contributed by atoms with van der Waals surface area (Å²) in [5.41, 5.74) is 1.00. The van der Waals surface area contributed by atoms with Crippen molar-refractivity contribution in [2.75, 3.05) is 40.0 Å². The van der Waals surface area contributed by atoms with Crippen molar-refractivity contribution in [3.8, 4) is 11.5 Å². The highest BCUT2D eigenvalue weighted by Gasteiger charge is 2.36. The summed E-state index contributed by atoms with van der Waals surface area (Å²) in [7, 11) is 1.44. The second-order valence-corrected chi connectivity index (χ2v) is 6.98. The number of rotatable bonds is 4. The minimum Gasteiger partial charge on any atom is -0.490 e. The summed E-state index contributed by atoms with van der Waals surface area (Å²) < 4.78 is 16.6. The maximum absolute atomic E-state index is 12.0. The molecule has 2 heterocycles. The van der Waals surface area contributed by atoms with E-state index in [1.54, 1.807) is 0 Å². The molecule has 1 aromatic rings. The van der Waals surface area contributed by atoms with E-state index >= 15 is 0 Å². The van der Waals surface area contributed by atoms with Gasteiger partial charge >= 0.3 is 5.97 Å². The first-order valence-corrected chi connectivity index (χ1v) is 9.62. The van der Waals surface area contributed by atoms with Gasteiger partial charge in [0.25, 0.3) is 0 Å². The number of carbonyl (C=O) groups excluding carboxylic acids is 1. The summed E-state index contributed by atoms with van der Waals surface area (Å²) in [6.07, 6.45) is 0.876. The number of nitrogens with one attached hydrogen (secondary N) is 1. The quantitative estimate of drug-likeness (QED) is 0.493. The van der Waals surface area contributed by atoms with Gasteiger partial charge in [-0.05, 0) is 18.9 Å². The van der Waals surface area contributed by atoms with E-state index in [0.717, 1.165) is 42.5 Å². The third-order valence-electron chi connectivity index (χ3n) is 5.00. The van der Waals surface area contributed by atoms with Crippen molar-refractivity contribution >= 4 is 11.9 Å². The fourth-order valence-corrected chi connectivity index (χ4v) is 3.56. The first kappa shape index (κ1) is 19.3. The fraction of sp³-hybridized carbons (Fsp3) is 0.600. The number of aliphatic imine (C=N–C) groups is 1. The third kappa shape index (κ3) is 4.46. The zero-order chi connectivity index (χ0) is 19.2. The van der Waals surface area contributed by atoms with Crippen molar-refractivity contribution < 1.29 is 19.0 Å². The maximum Gasteiger partial charge on any atom is 0.310 e. The van der Waals surface area contributed by atoms with Crippen molar-refractivity contribution in [1.29, 1.82) is 0 Å². The van der Waals surface area contributed by atoms with Gasteiger partial charge in [0, 0.05) is 31.6 Å². The Morgan fingerprint density at radius 2 is 2.15 bits per heavy atom. The lowest BCUT2D eigenvalue weighted by atomic mass is 9.99. The van der Waals surface area contributed by atoms with Gasteiger partial charge in [-0.15, -0.1) is 0 Å². The number of para-hydroxylation sites is 1. The Hall–Kier alpha value is -2.44. The summed E-state index contributed by atoms with van der Waals surface area (Å²) >= 11 is 0. The number of benzene rings is 1. The number of guanidine groups is 1. The Balaban J connectivity index is 1.76. The van der Waals surface area contributed by atoms with Crippen LogP contribution in [0.4, 0.5) is 0 Å². The number of hydrogen-bond donors (Lipinski definition) is 1. The standard InChI is InChI=1S/C20H29N3O4/c1-4-21-20(23-12-14(2)16(13-23)19(24)25-3)22-11-15-7-5-8-17-18(15)27-10-6-9-26-17/h5,7-8,14,16H,4,6,9-13H2,1-3H3,(H,21,22). The van der Waals surface area contributed by atoms with E-state index in [4.69, 9.17) is 19.2 Å². The summed E-state index contributed by atoms with van der Waals surface area (Å²) in [6, 6.07) is 5.92. The van der Waals surface area contributed by atoms with Crippen molar-refractivity contribution in [3.63, 3.8) is 0 Å². The molecule has 0 bridgehead atoms. The predicted octanol–water partition coefficient (Wildman–Crippen LogP) is 2.05. The van der Waals surface area contributed by atoms with Gasteiger partial charge in [-0.1, -0.05) is 19.1 Å². The Labute approximate surface area is 160 Å². The number of likely N-dealkylation sites (tertiary alicyclic amines) is 1. The van der Waals surface area contributed by atoms with Crippen LogP contribution < -0.4 is 14.8 Å². The van der Waals surface area contributed by atoms with Crippen LogP contribution in [0.5, 0.6) is 11.5 Å². The Morgan fingerprint density at radius 1 is 1.33 bits per heavy atom. The molecule has 1 aromatic carbocycles. The molecule has 0 saturated carbocycles. The number of nitrogens with zero attached hydrogens (tertiary/aromatic N) is 2. The topological polar surface area (TPSA) is 72.4 Å². The molecule has 1 saturated heterocycles. The van der Waals surface area contributed by atoms with Crippen LogP contribution >= 0.6 is 0 Å². The molecule has 2 unspecified atom stereocenters. The lowest BCUT2D eigenvalue weighted by Crippen LogP contribution is -2.40. The monoisotopic (exact) mass is 375 g/mol. The summed E-state index contributed by atoms with van der Waals surface area (Å²) in [4.78, 5) is 18.9. The van der Waals surface area contributed by atoms with Crippen LogP contribution in [0.3, 0.4) is 0 Å². The number of carbonyl (C=O) groups is 1. The van der Waals surface area contributed by atoms with E-state index in [1.807, 2.05) is 25.1 Å². The molecule has 0 amide bonds. The molecule has 1 fully saturated rings. The van der Waals surface area contributed by atoms with Crippen molar-refractivity contribution in [3.05, 3.63) is 23.8 Å². The van der Waals surface area contributed by atoms with E-state index in [-0.39, 0.29) is 17.8 Å². The van der Waals surface area contributed by atoms with E-state index in [2.05, 4.69) is 17.1 Å². The Morgan fingerprint density at radius 3 is 2.93 bits per heavy atom. The van der Waals surface area contributed by atoms with Gasteiger partial charge in [-0.3, -0.25) is 4.79 Å². The lowest BCUT2D eigenvalue weighted by Gasteiger charge is -2.21. The molecule has 7 heteroatoms. The molecule has 3 rings (SSSR count). The van der Waals surface area contributed by atoms with Crippen LogP contribution in [0, 0.1) is 11.8 Å². The molecular weight excluding hydrogens is 346 g/mol. The van der Waals surface area contributed by atoms with Crippen LogP contribution in [0.1, 0.15) is 25.8 Å². The van der Waals surface area contributed by atoms with Gasteiger partial charge in [0.2, 0.25) is 0 Å².